The zero-order valence-corrected chi connectivity index (χ0v) is 16.8. The van der Waals surface area contributed by atoms with Crippen molar-refractivity contribution in [2.75, 3.05) is 10.0 Å². The van der Waals surface area contributed by atoms with Crippen LogP contribution in [0.2, 0.25) is 0 Å². The quantitative estimate of drug-likeness (QED) is 0.592. The van der Waals surface area contributed by atoms with E-state index in [1.807, 2.05) is 25.1 Å². The molecule has 0 saturated heterocycles. The molecule has 3 aromatic rings. The van der Waals surface area contributed by atoms with Crippen LogP contribution in [-0.4, -0.2) is 14.3 Å². The fraction of sp³-hybridized carbons (Fsp3) is 0.0500. The maximum absolute atomic E-state index is 12.7. The summed E-state index contributed by atoms with van der Waals surface area (Å²) in [5.74, 6) is -0.402. The van der Waals surface area contributed by atoms with E-state index in [2.05, 4.69) is 26.0 Å². The average Bonchev–Trinajstić information content (AvgIpc) is 2.64. The van der Waals surface area contributed by atoms with E-state index < -0.39 is 15.9 Å². The van der Waals surface area contributed by atoms with Gasteiger partial charge in [0, 0.05) is 10.2 Å². The molecule has 0 spiro atoms. The molecule has 0 aromatic heterocycles. The molecule has 3 aromatic carbocycles. The standard InChI is InChI=1S/C20H17BrN2O3S/c1-14-7-5-6-10-19(14)23-27(25,26)16-11-12-18(21)17(13-16)20(24)22-15-8-3-2-4-9-15/h2-13,23H,1H3,(H,22,24). The van der Waals surface area contributed by atoms with Crippen LogP contribution < -0.4 is 10.0 Å². The minimum Gasteiger partial charge on any atom is -0.322 e. The van der Waals surface area contributed by atoms with Gasteiger partial charge >= 0.3 is 0 Å². The van der Waals surface area contributed by atoms with Crippen molar-refractivity contribution in [1.82, 2.24) is 0 Å². The monoisotopic (exact) mass is 444 g/mol. The van der Waals surface area contributed by atoms with Crippen molar-refractivity contribution in [2.24, 2.45) is 0 Å². The Kier molecular flexibility index (Phi) is 5.62. The van der Waals surface area contributed by atoms with E-state index in [1.165, 1.54) is 12.1 Å². The Morgan fingerprint density at radius 1 is 0.926 bits per heavy atom. The second kappa shape index (κ2) is 7.94. The third kappa shape index (κ3) is 4.56. The number of carbonyl (C=O) groups is 1. The van der Waals surface area contributed by atoms with Gasteiger partial charge in [-0.25, -0.2) is 8.42 Å². The lowest BCUT2D eigenvalue weighted by atomic mass is 10.2. The molecule has 3 rings (SSSR count). The summed E-state index contributed by atoms with van der Waals surface area (Å²) >= 11 is 3.31. The lowest BCUT2D eigenvalue weighted by Crippen LogP contribution is -2.17. The van der Waals surface area contributed by atoms with Gasteiger partial charge in [0.15, 0.2) is 0 Å². The second-order valence-corrected chi connectivity index (χ2v) is 8.42. The van der Waals surface area contributed by atoms with Gasteiger partial charge in [0.25, 0.3) is 15.9 Å². The number of hydrogen-bond donors (Lipinski definition) is 2. The molecule has 0 aliphatic heterocycles. The largest absolute Gasteiger partial charge is 0.322 e. The van der Waals surface area contributed by atoms with Gasteiger partial charge in [-0.3, -0.25) is 9.52 Å². The smallest absolute Gasteiger partial charge is 0.261 e. The minimum atomic E-state index is -3.83. The summed E-state index contributed by atoms with van der Waals surface area (Å²) in [5, 5.41) is 2.75. The van der Waals surface area contributed by atoms with E-state index in [-0.39, 0.29) is 10.5 Å². The maximum atomic E-state index is 12.7. The fourth-order valence-electron chi connectivity index (χ4n) is 2.46. The van der Waals surface area contributed by atoms with Crippen LogP contribution in [0, 0.1) is 6.92 Å². The first-order valence-electron chi connectivity index (χ1n) is 8.11. The van der Waals surface area contributed by atoms with E-state index in [1.54, 1.807) is 42.5 Å². The SMILES string of the molecule is Cc1ccccc1NS(=O)(=O)c1ccc(Br)c(C(=O)Nc2ccccc2)c1. The van der Waals surface area contributed by atoms with Gasteiger partial charge in [-0.05, 0) is 64.8 Å². The van der Waals surface area contributed by atoms with Gasteiger partial charge in [-0.1, -0.05) is 36.4 Å². The lowest BCUT2D eigenvalue weighted by Gasteiger charge is -2.12. The molecule has 0 fully saturated rings. The van der Waals surface area contributed by atoms with Crippen LogP contribution in [-0.2, 0) is 10.0 Å². The molecule has 0 radical (unpaired) electrons. The summed E-state index contributed by atoms with van der Waals surface area (Å²) in [7, 11) is -3.83. The molecule has 27 heavy (non-hydrogen) atoms. The van der Waals surface area contributed by atoms with Gasteiger partial charge in [-0.15, -0.1) is 0 Å². The predicted octanol–water partition coefficient (Wildman–Crippen LogP) is 4.81. The van der Waals surface area contributed by atoms with Crippen LogP contribution in [0.15, 0.2) is 82.2 Å². The van der Waals surface area contributed by atoms with Crippen molar-refractivity contribution >= 4 is 43.2 Å². The van der Waals surface area contributed by atoms with Crippen LogP contribution in [0.5, 0.6) is 0 Å². The van der Waals surface area contributed by atoms with Crippen LogP contribution in [0.1, 0.15) is 15.9 Å². The molecule has 0 atom stereocenters. The molecule has 0 unspecified atom stereocenters. The van der Waals surface area contributed by atoms with Crippen LogP contribution >= 0.6 is 15.9 Å². The van der Waals surface area contributed by atoms with Crippen molar-refractivity contribution in [3.05, 3.63) is 88.4 Å². The zero-order valence-electron chi connectivity index (χ0n) is 14.4. The molecule has 0 bridgehead atoms. The highest BCUT2D eigenvalue weighted by Gasteiger charge is 2.19. The number of aryl methyl sites for hydroxylation is 1. The Morgan fingerprint density at radius 3 is 2.30 bits per heavy atom. The Morgan fingerprint density at radius 2 is 1.59 bits per heavy atom. The van der Waals surface area contributed by atoms with Crippen molar-refractivity contribution < 1.29 is 13.2 Å². The van der Waals surface area contributed by atoms with Gasteiger partial charge < -0.3 is 5.32 Å². The van der Waals surface area contributed by atoms with Crippen LogP contribution in [0.3, 0.4) is 0 Å². The lowest BCUT2D eigenvalue weighted by molar-refractivity contribution is 0.102. The molecular weight excluding hydrogens is 428 g/mol. The summed E-state index contributed by atoms with van der Waals surface area (Å²) in [6, 6.07) is 20.4. The first kappa shape index (κ1) is 19.1. The van der Waals surface area contributed by atoms with Crippen molar-refractivity contribution in [3.63, 3.8) is 0 Å². The number of anilines is 2. The topological polar surface area (TPSA) is 75.3 Å². The number of halogens is 1. The number of benzene rings is 3. The van der Waals surface area contributed by atoms with Gasteiger partial charge in [0.2, 0.25) is 0 Å². The first-order valence-corrected chi connectivity index (χ1v) is 10.4. The molecule has 0 aliphatic rings. The summed E-state index contributed by atoms with van der Waals surface area (Å²) < 4.78 is 28.5. The third-order valence-electron chi connectivity index (χ3n) is 3.91. The van der Waals surface area contributed by atoms with E-state index in [0.717, 1.165) is 5.56 Å². The number of carbonyl (C=O) groups excluding carboxylic acids is 1. The number of rotatable bonds is 5. The van der Waals surface area contributed by atoms with E-state index in [9.17, 15) is 13.2 Å². The molecular formula is C20H17BrN2O3S. The zero-order chi connectivity index (χ0) is 19.4. The first-order chi connectivity index (χ1) is 12.9. The predicted molar refractivity (Wildman–Crippen MR) is 111 cm³/mol. The summed E-state index contributed by atoms with van der Waals surface area (Å²) in [6.07, 6.45) is 0. The molecule has 0 saturated carbocycles. The van der Waals surface area contributed by atoms with Crippen LogP contribution in [0.25, 0.3) is 0 Å². The molecule has 5 nitrogen and oxygen atoms in total. The van der Waals surface area contributed by atoms with E-state index >= 15 is 0 Å². The Bertz CT molecular complexity index is 1080. The Labute approximate surface area is 166 Å². The Balaban J connectivity index is 1.90. The van der Waals surface area contributed by atoms with E-state index in [4.69, 9.17) is 0 Å². The number of amides is 1. The minimum absolute atomic E-state index is 0.00663. The summed E-state index contributed by atoms with van der Waals surface area (Å²) in [6.45, 7) is 1.82. The van der Waals surface area contributed by atoms with Gasteiger partial charge in [-0.2, -0.15) is 0 Å². The van der Waals surface area contributed by atoms with Crippen LogP contribution in [0.4, 0.5) is 11.4 Å². The maximum Gasteiger partial charge on any atom is 0.261 e. The van der Waals surface area contributed by atoms with Gasteiger partial charge in [0.1, 0.15) is 0 Å². The Hall–Kier alpha value is -2.64. The molecule has 0 aliphatic carbocycles. The number of hydrogen-bond acceptors (Lipinski definition) is 3. The van der Waals surface area contributed by atoms with Crippen molar-refractivity contribution in [1.29, 1.82) is 0 Å². The van der Waals surface area contributed by atoms with Gasteiger partial charge in [0.05, 0.1) is 16.1 Å². The van der Waals surface area contributed by atoms with E-state index in [0.29, 0.717) is 15.8 Å². The highest BCUT2D eigenvalue weighted by molar-refractivity contribution is 9.10. The molecule has 0 heterocycles. The molecule has 7 heteroatoms. The van der Waals surface area contributed by atoms with Crippen molar-refractivity contribution in [2.45, 2.75) is 11.8 Å². The highest BCUT2D eigenvalue weighted by atomic mass is 79.9. The number of sulfonamides is 1. The fourth-order valence-corrected chi connectivity index (χ4v) is 4.04. The number of para-hydroxylation sites is 2. The molecule has 1 amide bonds. The second-order valence-electron chi connectivity index (χ2n) is 5.88. The molecule has 2 N–H and O–H groups in total. The normalized spacial score (nSPS) is 11.0. The summed E-state index contributed by atoms with van der Waals surface area (Å²) in [5.41, 5.74) is 2.16. The number of nitrogens with one attached hydrogen (secondary N) is 2. The molecule has 138 valence electrons. The highest BCUT2D eigenvalue weighted by Crippen LogP contribution is 2.25. The average molecular weight is 445 g/mol. The van der Waals surface area contributed by atoms with Crippen molar-refractivity contribution in [3.8, 4) is 0 Å². The summed E-state index contributed by atoms with van der Waals surface area (Å²) in [4.78, 5) is 12.6. The third-order valence-corrected chi connectivity index (χ3v) is 5.97.